The lowest BCUT2D eigenvalue weighted by Gasteiger charge is -2.30. The second-order valence-electron chi connectivity index (χ2n) is 6.39. The minimum Gasteiger partial charge on any atom is -0.465 e. The Morgan fingerprint density at radius 1 is 1.38 bits per heavy atom. The number of nitrogens with one attached hydrogen (secondary N) is 1. The topological polar surface area (TPSA) is 75.3 Å². The summed E-state index contributed by atoms with van der Waals surface area (Å²) in [6.45, 7) is 3.21. The Morgan fingerprint density at radius 3 is 3.00 bits per heavy atom. The van der Waals surface area contributed by atoms with Gasteiger partial charge in [0.2, 0.25) is 0 Å². The summed E-state index contributed by atoms with van der Waals surface area (Å²) in [5.41, 5.74) is 2.93. The van der Waals surface area contributed by atoms with Gasteiger partial charge in [0.1, 0.15) is 15.5 Å². The fraction of sp³-hybridized carbons (Fsp3) is 0.316. The molecular weight excluding hydrogens is 350 g/mol. The van der Waals surface area contributed by atoms with E-state index in [4.69, 9.17) is 4.74 Å². The van der Waals surface area contributed by atoms with Crippen LogP contribution in [0.4, 0.5) is 5.69 Å². The molecule has 7 heteroatoms. The van der Waals surface area contributed by atoms with E-state index >= 15 is 0 Å². The number of fused-ring (bicyclic) bond motifs is 2. The number of methoxy groups -OCH3 is 1. The molecule has 6 nitrogen and oxygen atoms in total. The molecule has 0 fully saturated rings. The van der Waals surface area contributed by atoms with Crippen LogP contribution < -0.4 is 10.5 Å². The molecule has 0 unspecified atom stereocenters. The first-order valence-corrected chi connectivity index (χ1v) is 9.33. The van der Waals surface area contributed by atoms with Crippen LogP contribution in [0, 0.1) is 6.92 Å². The number of H-pyrrole nitrogens is 1. The molecule has 134 valence electrons. The van der Waals surface area contributed by atoms with Gasteiger partial charge in [0, 0.05) is 12.2 Å². The number of carbonyl (C=O) groups excluding carboxylic acids is 1. The Balaban J connectivity index is 1.73. The highest BCUT2D eigenvalue weighted by molar-refractivity contribution is 7.20. The monoisotopic (exact) mass is 369 g/mol. The van der Waals surface area contributed by atoms with Crippen LogP contribution in [0.2, 0.25) is 0 Å². The first-order valence-electron chi connectivity index (χ1n) is 8.52. The smallest absolute Gasteiger partial charge is 0.348 e. The first kappa shape index (κ1) is 16.8. The number of anilines is 1. The number of para-hydroxylation sites is 1. The molecule has 0 aliphatic carbocycles. The number of aromatic nitrogens is 2. The SMILES string of the molecule is COC(=O)c1sc2nc(CN3CCCc4ccccc43)[nH]c(=O)c2c1C. The largest absolute Gasteiger partial charge is 0.465 e. The molecule has 1 N–H and O–H groups in total. The van der Waals surface area contributed by atoms with Gasteiger partial charge < -0.3 is 14.6 Å². The molecule has 1 aromatic carbocycles. The molecule has 1 aliphatic heterocycles. The predicted octanol–water partition coefficient (Wildman–Crippen LogP) is 3.03. The lowest BCUT2D eigenvalue weighted by atomic mass is 10.0. The molecule has 26 heavy (non-hydrogen) atoms. The summed E-state index contributed by atoms with van der Waals surface area (Å²) >= 11 is 1.21. The van der Waals surface area contributed by atoms with Gasteiger partial charge in [0.05, 0.1) is 19.0 Å². The Morgan fingerprint density at radius 2 is 2.19 bits per heavy atom. The lowest BCUT2D eigenvalue weighted by Crippen LogP contribution is -2.30. The third kappa shape index (κ3) is 2.78. The molecule has 0 bridgehead atoms. The van der Waals surface area contributed by atoms with Crippen molar-refractivity contribution in [1.29, 1.82) is 0 Å². The number of carbonyl (C=O) groups is 1. The van der Waals surface area contributed by atoms with Crippen molar-refractivity contribution in [2.75, 3.05) is 18.6 Å². The Kier molecular flexibility index (Phi) is 4.24. The highest BCUT2D eigenvalue weighted by Crippen LogP contribution is 2.29. The van der Waals surface area contributed by atoms with E-state index in [0.29, 0.717) is 33.0 Å². The summed E-state index contributed by atoms with van der Waals surface area (Å²) in [4.78, 5) is 35.2. The molecule has 0 saturated heterocycles. The van der Waals surface area contributed by atoms with Crippen molar-refractivity contribution in [1.82, 2.24) is 9.97 Å². The molecule has 0 atom stereocenters. The summed E-state index contributed by atoms with van der Waals surface area (Å²) in [5, 5.41) is 0.471. The number of hydrogen-bond donors (Lipinski definition) is 1. The Bertz CT molecular complexity index is 1050. The summed E-state index contributed by atoms with van der Waals surface area (Å²) in [5.74, 6) is 0.174. The summed E-state index contributed by atoms with van der Waals surface area (Å²) in [6.07, 6.45) is 2.15. The second kappa shape index (κ2) is 6.57. The number of aryl methyl sites for hydroxylation is 2. The van der Waals surface area contributed by atoms with Crippen molar-refractivity contribution in [3.05, 3.63) is 56.4 Å². The fourth-order valence-electron chi connectivity index (χ4n) is 3.51. The van der Waals surface area contributed by atoms with Crippen molar-refractivity contribution >= 4 is 33.2 Å². The van der Waals surface area contributed by atoms with Gasteiger partial charge in [-0.2, -0.15) is 0 Å². The number of nitrogens with zero attached hydrogens (tertiary/aromatic N) is 2. The van der Waals surface area contributed by atoms with E-state index < -0.39 is 5.97 Å². The predicted molar refractivity (Wildman–Crippen MR) is 102 cm³/mol. The second-order valence-corrected chi connectivity index (χ2v) is 7.39. The lowest BCUT2D eigenvalue weighted by molar-refractivity contribution is 0.0605. The van der Waals surface area contributed by atoms with E-state index in [-0.39, 0.29) is 5.56 Å². The van der Waals surface area contributed by atoms with E-state index in [2.05, 4.69) is 33.1 Å². The average Bonchev–Trinajstić information content (AvgIpc) is 2.98. The maximum atomic E-state index is 12.6. The molecular formula is C19H19N3O3S. The minimum absolute atomic E-state index is 0.209. The maximum Gasteiger partial charge on any atom is 0.348 e. The van der Waals surface area contributed by atoms with Crippen molar-refractivity contribution in [3.8, 4) is 0 Å². The average molecular weight is 369 g/mol. The molecule has 2 aromatic heterocycles. The minimum atomic E-state index is -0.434. The van der Waals surface area contributed by atoms with Crippen molar-refractivity contribution < 1.29 is 9.53 Å². The van der Waals surface area contributed by atoms with Gasteiger partial charge in [-0.25, -0.2) is 9.78 Å². The molecule has 0 radical (unpaired) electrons. The Hall–Kier alpha value is -2.67. The van der Waals surface area contributed by atoms with E-state index in [1.807, 2.05) is 6.07 Å². The van der Waals surface area contributed by atoms with Gasteiger partial charge in [-0.1, -0.05) is 18.2 Å². The highest BCUT2D eigenvalue weighted by atomic mass is 32.1. The maximum absolute atomic E-state index is 12.6. The van der Waals surface area contributed by atoms with Gasteiger partial charge in [0.25, 0.3) is 5.56 Å². The molecule has 3 heterocycles. The molecule has 4 rings (SSSR count). The number of thiophene rings is 1. The number of rotatable bonds is 3. The van der Waals surface area contributed by atoms with Crippen LogP contribution in [0.25, 0.3) is 10.2 Å². The third-order valence-corrected chi connectivity index (χ3v) is 5.93. The van der Waals surface area contributed by atoms with Crippen LogP contribution in [-0.2, 0) is 17.7 Å². The quantitative estimate of drug-likeness (QED) is 0.718. The van der Waals surface area contributed by atoms with Crippen LogP contribution in [0.3, 0.4) is 0 Å². The van der Waals surface area contributed by atoms with E-state index in [1.54, 1.807) is 6.92 Å². The number of ether oxygens (including phenoxy) is 1. The van der Waals surface area contributed by atoms with Crippen LogP contribution in [0.1, 0.15) is 33.0 Å². The van der Waals surface area contributed by atoms with Gasteiger partial charge >= 0.3 is 5.97 Å². The zero-order valence-electron chi connectivity index (χ0n) is 14.7. The molecule has 3 aromatic rings. The summed E-state index contributed by atoms with van der Waals surface area (Å²) in [7, 11) is 1.34. The Labute approximate surface area is 154 Å². The normalized spacial score (nSPS) is 13.7. The standard InChI is InChI=1S/C19H19N3O3S/c1-11-15-17(23)20-14(21-18(15)26-16(11)19(24)25-2)10-22-9-5-7-12-6-3-4-8-13(12)22/h3-4,6,8H,5,7,9-10H2,1-2H3,(H,20,21,23). The molecule has 0 saturated carbocycles. The molecule has 1 aliphatic rings. The van der Waals surface area contributed by atoms with Crippen LogP contribution >= 0.6 is 11.3 Å². The van der Waals surface area contributed by atoms with Crippen LogP contribution in [0.15, 0.2) is 29.1 Å². The summed E-state index contributed by atoms with van der Waals surface area (Å²) < 4.78 is 4.80. The van der Waals surface area contributed by atoms with Crippen molar-refractivity contribution in [2.24, 2.45) is 0 Å². The van der Waals surface area contributed by atoms with Gasteiger partial charge in [-0.3, -0.25) is 4.79 Å². The van der Waals surface area contributed by atoms with Gasteiger partial charge in [-0.15, -0.1) is 11.3 Å². The number of benzene rings is 1. The number of aromatic amines is 1. The third-order valence-electron chi connectivity index (χ3n) is 4.77. The summed E-state index contributed by atoms with van der Waals surface area (Å²) in [6, 6.07) is 8.33. The van der Waals surface area contributed by atoms with Gasteiger partial charge in [0.15, 0.2) is 0 Å². The number of esters is 1. The fourth-order valence-corrected chi connectivity index (χ4v) is 4.63. The van der Waals surface area contributed by atoms with Gasteiger partial charge in [-0.05, 0) is 37.0 Å². The zero-order valence-corrected chi connectivity index (χ0v) is 15.5. The first-order chi connectivity index (χ1) is 12.6. The molecule has 0 amide bonds. The van der Waals surface area contributed by atoms with Crippen LogP contribution in [-0.4, -0.2) is 29.6 Å². The van der Waals surface area contributed by atoms with E-state index in [9.17, 15) is 9.59 Å². The van der Waals surface area contributed by atoms with E-state index in [0.717, 1.165) is 19.4 Å². The molecule has 0 spiro atoms. The van der Waals surface area contributed by atoms with Crippen LogP contribution in [0.5, 0.6) is 0 Å². The highest BCUT2D eigenvalue weighted by Gasteiger charge is 2.21. The van der Waals surface area contributed by atoms with Crippen molar-refractivity contribution in [2.45, 2.75) is 26.3 Å². The van der Waals surface area contributed by atoms with E-state index in [1.165, 1.54) is 29.7 Å². The number of hydrogen-bond acceptors (Lipinski definition) is 6. The van der Waals surface area contributed by atoms with Crippen molar-refractivity contribution in [3.63, 3.8) is 0 Å². The zero-order chi connectivity index (χ0) is 18.3.